The van der Waals surface area contributed by atoms with Gasteiger partial charge in [-0.1, -0.05) is 13.8 Å². The van der Waals surface area contributed by atoms with E-state index >= 15 is 0 Å². The second-order valence-corrected chi connectivity index (χ2v) is 4.72. The molecule has 0 aliphatic heterocycles. The summed E-state index contributed by atoms with van der Waals surface area (Å²) in [6, 6.07) is 1.64. The van der Waals surface area contributed by atoms with Gasteiger partial charge in [-0.15, -0.1) is 11.3 Å². The molecule has 0 radical (unpaired) electrons. The maximum absolute atomic E-state index is 11.5. The predicted molar refractivity (Wildman–Crippen MR) is 63.7 cm³/mol. The molecule has 1 aromatic heterocycles. The topological polar surface area (TPSA) is 55.4 Å². The summed E-state index contributed by atoms with van der Waals surface area (Å²) >= 11 is 1.32. The first-order valence-corrected chi connectivity index (χ1v) is 5.88. The Hall–Kier alpha value is -1.36. The summed E-state index contributed by atoms with van der Waals surface area (Å²) in [6.07, 6.45) is 0.443. The molecule has 0 aliphatic rings. The van der Waals surface area contributed by atoms with Crippen molar-refractivity contribution in [1.82, 2.24) is 0 Å². The fourth-order valence-electron chi connectivity index (χ4n) is 1.23. The predicted octanol–water partition coefficient (Wildman–Crippen LogP) is 2.52. The van der Waals surface area contributed by atoms with Gasteiger partial charge in [0.05, 0.1) is 12.7 Å². The molecule has 0 bridgehead atoms. The molecule has 1 rings (SSSR count). The number of methoxy groups -OCH3 is 1. The van der Waals surface area contributed by atoms with E-state index in [1.54, 1.807) is 11.4 Å². The summed E-state index contributed by atoms with van der Waals surface area (Å²) in [4.78, 5) is 22.9. The third-order valence-corrected chi connectivity index (χ3v) is 2.75. The Morgan fingerprint density at radius 1 is 1.50 bits per heavy atom. The number of ether oxygens (including phenoxy) is 1. The van der Waals surface area contributed by atoms with E-state index in [2.05, 4.69) is 10.1 Å². The van der Waals surface area contributed by atoms with Crippen molar-refractivity contribution >= 4 is 28.2 Å². The molecule has 0 aliphatic carbocycles. The number of amides is 1. The van der Waals surface area contributed by atoms with Gasteiger partial charge in [0.25, 0.3) is 0 Å². The van der Waals surface area contributed by atoms with Crippen LogP contribution in [0, 0.1) is 5.92 Å². The highest BCUT2D eigenvalue weighted by Crippen LogP contribution is 2.24. The van der Waals surface area contributed by atoms with Crippen LogP contribution in [-0.2, 0) is 9.53 Å². The van der Waals surface area contributed by atoms with Gasteiger partial charge in [0.1, 0.15) is 5.00 Å². The molecule has 0 saturated carbocycles. The van der Waals surface area contributed by atoms with E-state index in [4.69, 9.17) is 0 Å². The lowest BCUT2D eigenvalue weighted by Gasteiger charge is -2.06. The number of carbonyl (C=O) groups is 2. The summed E-state index contributed by atoms with van der Waals surface area (Å²) < 4.78 is 4.61. The summed E-state index contributed by atoms with van der Waals surface area (Å²) in [5.74, 6) is -0.217. The van der Waals surface area contributed by atoms with Gasteiger partial charge in [0.2, 0.25) is 5.91 Å². The van der Waals surface area contributed by atoms with Crippen molar-refractivity contribution in [1.29, 1.82) is 0 Å². The van der Waals surface area contributed by atoms with Crippen LogP contribution >= 0.6 is 11.3 Å². The van der Waals surface area contributed by atoms with Crippen molar-refractivity contribution in [2.75, 3.05) is 12.4 Å². The Morgan fingerprint density at radius 2 is 2.19 bits per heavy atom. The summed E-state index contributed by atoms with van der Waals surface area (Å²) in [5, 5.41) is 5.02. The van der Waals surface area contributed by atoms with Crippen LogP contribution in [0.5, 0.6) is 0 Å². The average Bonchev–Trinajstić information content (AvgIpc) is 2.63. The number of carbonyl (C=O) groups excluding carboxylic acids is 2. The van der Waals surface area contributed by atoms with E-state index in [0.29, 0.717) is 22.9 Å². The van der Waals surface area contributed by atoms with Crippen molar-refractivity contribution in [3.8, 4) is 0 Å². The van der Waals surface area contributed by atoms with E-state index in [-0.39, 0.29) is 5.91 Å². The average molecular weight is 241 g/mol. The van der Waals surface area contributed by atoms with Crippen LogP contribution in [0.3, 0.4) is 0 Å². The molecule has 0 saturated heterocycles. The minimum absolute atomic E-state index is 0.0809. The fourth-order valence-corrected chi connectivity index (χ4v) is 2.02. The molecular weight excluding hydrogens is 226 g/mol. The molecule has 0 atom stereocenters. The molecule has 16 heavy (non-hydrogen) atoms. The Balaban J connectivity index is 2.70. The van der Waals surface area contributed by atoms with Crippen molar-refractivity contribution in [2.24, 2.45) is 5.92 Å². The Labute approximate surface area is 98.6 Å². The number of hydrogen-bond acceptors (Lipinski definition) is 4. The summed E-state index contributed by atoms with van der Waals surface area (Å²) in [7, 11) is 1.32. The zero-order valence-electron chi connectivity index (χ0n) is 9.57. The lowest BCUT2D eigenvalue weighted by Crippen LogP contribution is -2.15. The molecule has 5 heteroatoms. The van der Waals surface area contributed by atoms with Gasteiger partial charge in [-0.05, 0) is 17.4 Å². The highest BCUT2D eigenvalue weighted by molar-refractivity contribution is 7.14. The Bertz CT molecular complexity index is 384. The largest absolute Gasteiger partial charge is 0.465 e. The molecule has 1 N–H and O–H groups in total. The molecular formula is C11H15NO3S. The standard InChI is InChI=1S/C11H15NO3S/c1-7(2)6-9(13)12-10-8(4-5-16-10)11(14)15-3/h4-5,7H,6H2,1-3H3,(H,12,13). The minimum atomic E-state index is -0.430. The molecule has 1 heterocycles. The van der Waals surface area contributed by atoms with E-state index in [1.807, 2.05) is 13.8 Å². The highest BCUT2D eigenvalue weighted by atomic mass is 32.1. The first kappa shape index (κ1) is 12.7. The first-order chi connectivity index (χ1) is 7.54. The maximum atomic E-state index is 11.5. The smallest absolute Gasteiger partial charge is 0.340 e. The lowest BCUT2D eigenvalue weighted by atomic mass is 10.1. The minimum Gasteiger partial charge on any atom is -0.465 e. The third-order valence-electron chi connectivity index (χ3n) is 1.92. The fraction of sp³-hybridized carbons (Fsp3) is 0.455. The van der Waals surface area contributed by atoms with E-state index in [1.165, 1.54) is 18.4 Å². The number of anilines is 1. The quantitative estimate of drug-likeness (QED) is 0.824. The molecule has 88 valence electrons. The van der Waals surface area contributed by atoms with Gasteiger partial charge in [0, 0.05) is 6.42 Å². The van der Waals surface area contributed by atoms with Crippen LogP contribution < -0.4 is 5.32 Å². The molecule has 1 amide bonds. The highest BCUT2D eigenvalue weighted by Gasteiger charge is 2.15. The van der Waals surface area contributed by atoms with Gasteiger partial charge >= 0.3 is 5.97 Å². The lowest BCUT2D eigenvalue weighted by molar-refractivity contribution is -0.116. The van der Waals surface area contributed by atoms with Gasteiger partial charge in [-0.3, -0.25) is 4.79 Å². The van der Waals surface area contributed by atoms with Crippen molar-refractivity contribution in [3.63, 3.8) is 0 Å². The first-order valence-electron chi connectivity index (χ1n) is 5.00. The van der Waals surface area contributed by atoms with Crippen molar-refractivity contribution in [2.45, 2.75) is 20.3 Å². The van der Waals surface area contributed by atoms with E-state index < -0.39 is 5.97 Å². The van der Waals surface area contributed by atoms with E-state index in [9.17, 15) is 9.59 Å². The van der Waals surface area contributed by atoms with Gasteiger partial charge in [-0.25, -0.2) is 4.79 Å². The molecule has 4 nitrogen and oxygen atoms in total. The third kappa shape index (κ3) is 3.34. The zero-order chi connectivity index (χ0) is 12.1. The second kappa shape index (κ2) is 5.65. The van der Waals surface area contributed by atoms with Gasteiger partial charge < -0.3 is 10.1 Å². The van der Waals surface area contributed by atoms with Gasteiger partial charge in [-0.2, -0.15) is 0 Å². The number of thiophene rings is 1. The van der Waals surface area contributed by atoms with E-state index in [0.717, 1.165) is 0 Å². The maximum Gasteiger partial charge on any atom is 0.340 e. The van der Waals surface area contributed by atoms with Crippen molar-refractivity contribution in [3.05, 3.63) is 17.0 Å². The SMILES string of the molecule is COC(=O)c1ccsc1NC(=O)CC(C)C. The molecule has 0 unspecified atom stereocenters. The summed E-state index contributed by atoms with van der Waals surface area (Å²) in [5.41, 5.74) is 0.407. The van der Waals surface area contributed by atoms with Crippen LogP contribution in [0.25, 0.3) is 0 Å². The van der Waals surface area contributed by atoms with Crippen LogP contribution in [0.2, 0.25) is 0 Å². The van der Waals surface area contributed by atoms with Crippen LogP contribution in [0.4, 0.5) is 5.00 Å². The Morgan fingerprint density at radius 3 is 2.75 bits per heavy atom. The second-order valence-electron chi connectivity index (χ2n) is 3.80. The van der Waals surface area contributed by atoms with Gasteiger partial charge in [0.15, 0.2) is 0 Å². The Kier molecular flexibility index (Phi) is 4.49. The zero-order valence-corrected chi connectivity index (χ0v) is 10.4. The summed E-state index contributed by atoms with van der Waals surface area (Å²) in [6.45, 7) is 3.93. The van der Waals surface area contributed by atoms with Crippen LogP contribution in [-0.4, -0.2) is 19.0 Å². The van der Waals surface area contributed by atoms with Crippen molar-refractivity contribution < 1.29 is 14.3 Å². The molecule has 0 fully saturated rings. The number of hydrogen-bond donors (Lipinski definition) is 1. The van der Waals surface area contributed by atoms with Crippen LogP contribution in [0.15, 0.2) is 11.4 Å². The number of esters is 1. The molecule has 0 spiro atoms. The number of rotatable bonds is 4. The molecule has 1 aromatic rings. The monoisotopic (exact) mass is 241 g/mol. The molecule has 0 aromatic carbocycles. The normalized spacial score (nSPS) is 10.2. The number of nitrogens with one attached hydrogen (secondary N) is 1. The van der Waals surface area contributed by atoms with Crippen LogP contribution in [0.1, 0.15) is 30.6 Å².